The molecule has 0 spiro atoms. The van der Waals surface area contributed by atoms with E-state index in [1.165, 1.54) is 6.42 Å². The van der Waals surface area contributed by atoms with Gasteiger partial charge < -0.3 is 10.6 Å². The van der Waals surface area contributed by atoms with E-state index in [0.717, 1.165) is 13.0 Å². The zero-order valence-corrected chi connectivity index (χ0v) is 5.89. The first-order valence-electron chi connectivity index (χ1n) is 3.89. The van der Waals surface area contributed by atoms with Crippen LogP contribution in [0, 0.1) is 0 Å². The van der Waals surface area contributed by atoms with Gasteiger partial charge >= 0.3 is 0 Å². The molecular weight excluding hydrogens is 128 g/mol. The van der Waals surface area contributed by atoms with Crippen LogP contribution in [0.25, 0.3) is 0 Å². The molecule has 0 aromatic heterocycles. The van der Waals surface area contributed by atoms with E-state index >= 15 is 0 Å². The van der Waals surface area contributed by atoms with Crippen LogP contribution in [0.5, 0.6) is 0 Å². The van der Waals surface area contributed by atoms with Crippen molar-refractivity contribution >= 4 is 5.91 Å². The summed E-state index contributed by atoms with van der Waals surface area (Å²) in [4.78, 5) is 10.9. The summed E-state index contributed by atoms with van der Waals surface area (Å²) in [7, 11) is 0. The van der Waals surface area contributed by atoms with Gasteiger partial charge in [0.2, 0.25) is 5.91 Å². The lowest BCUT2D eigenvalue weighted by Crippen LogP contribution is -2.45. The molecule has 1 amide bonds. The van der Waals surface area contributed by atoms with Crippen molar-refractivity contribution in [2.45, 2.75) is 31.3 Å². The van der Waals surface area contributed by atoms with Crippen molar-refractivity contribution < 1.29 is 4.79 Å². The number of fused-ring (bicyclic) bond motifs is 1. The number of amides is 1. The first-order chi connectivity index (χ1) is 4.86. The first-order valence-corrected chi connectivity index (χ1v) is 3.89. The zero-order valence-electron chi connectivity index (χ0n) is 5.89. The lowest BCUT2D eigenvalue weighted by atomic mass is 10.0. The fourth-order valence-corrected chi connectivity index (χ4v) is 1.81. The maximum absolute atomic E-state index is 10.9. The van der Waals surface area contributed by atoms with Crippen LogP contribution in [-0.4, -0.2) is 24.5 Å². The topological polar surface area (TPSA) is 41.1 Å². The average molecular weight is 140 g/mol. The second-order valence-corrected chi connectivity index (χ2v) is 3.08. The summed E-state index contributed by atoms with van der Waals surface area (Å²) in [6.07, 6.45) is 3.04. The van der Waals surface area contributed by atoms with Gasteiger partial charge in [-0.3, -0.25) is 4.79 Å². The summed E-state index contributed by atoms with van der Waals surface area (Å²) < 4.78 is 0. The van der Waals surface area contributed by atoms with Crippen LogP contribution < -0.4 is 10.6 Å². The minimum atomic E-state index is 0.212. The summed E-state index contributed by atoms with van der Waals surface area (Å²) in [6.45, 7) is 1.08. The average Bonchev–Trinajstić information content (AvgIpc) is 2.27. The summed E-state index contributed by atoms with van der Waals surface area (Å²) in [5.74, 6) is 0.212. The Kier molecular flexibility index (Phi) is 1.38. The molecule has 3 nitrogen and oxygen atoms in total. The Morgan fingerprint density at radius 2 is 2.30 bits per heavy atom. The van der Waals surface area contributed by atoms with Gasteiger partial charge in [-0.1, -0.05) is 0 Å². The molecule has 0 aromatic carbocycles. The summed E-state index contributed by atoms with van der Waals surface area (Å²) in [5, 5.41) is 6.28. The van der Waals surface area contributed by atoms with Gasteiger partial charge in [0.25, 0.3) is 0 Å². The first kappa shape index (κ1) is 6.16. The molecule has 2 N–H and O–H groups in total. The van der Waals surface area contributed by atoms with Crippen molar-refractivity contribution in [2.24, 2.45) is 0 Å². The Morgan fingerprint density at radius 3 is 3.10 bits per heavy atom. The normalized spacial score (nSPS) is 39.0. The van der Waals surface area contributed by atoms with Crippen molar-refractivity contribution in [3.63, 3.8) is 0 Å². The van der Waals surface area contributed by atoms with E-state index in [1.54, 1.807) is 0 Å². The van der Waals surface area contributed by atoms with Crippen LogP contribution in [0.15, 0.2) is 0 Å². The quantitative estimate of drug-likeness (QED) is 0.482. The maximum atomic E-state index is 10.9. The highest BCUT2D eigenvalue weighted by Crippen LogP contribution is 2.16. The Bertz CT molecular complexity index is 142. The molecule has 2 fully saturated rings. The maximum Gasteiger partial charge on any atom is 0.221 e. The Labute approximate surface area is 60.2 Å². The molecule has 2 heterocycles. The van der Waals surface area contributed by atoms with Crippen molar-refractivity contribution in [3.05, 3.63) is 0 Å². The lowest BCUT2D eigenvalue weighted by Gasteiger charge is -2.25. The van der Waals surface area contributed by atoms with E-state index in [2.05, 4.69) is 10.6 Å². The van der Waals surface area contributed by atoms with Crippen molar-refractivity contribution in [1.29, 1.82) is 0 Å². The Hall–Kier alpha value is -0.570. The molecule has 2 aliphatic heterocycles. The molecule has 2 saturated heterocycles. The Morgan fingerprint density at radius 1 is 1.40 bits per heavy atom. The molecule has 0 bridgehead atoms. The van der Waals surface area contributed by atoms with Crippen molar-refractivity contribution in [1.82, 2.24) is 10.6 Å². The van der Waals surface area contributed by atoms with E-state index < -0.39 is 0 Å². The molecule has 2 unspecified atom stereocenters. The van der Waals surface area contributed by atoms with Gasteiger partial charge in [-0.05, 0) is 19.4 Å². The number of nitrogens with one attached hydrogen (secondary N) is 2. The van der Waals surface area contributed by atoms with Gasteiger partial charge in [-0.15, -0.1) is 0 Å². The SMILES string of the molecule is O=C1CC2NCCCC2N1. The number of hydrogen-bond donors (Lipinski definition) is 2. The highest BCUT2D eigenvalue weighted by atomic mass is 16.2. The molecule has 2 aliphatic rings. The summed E-state index contributed by atoms with van der Waals surface area (Å²) in [5.41, 5.74) is 0. The van der Waals surface area contributed by atoms with E-state index in [1.807, 2.05) is 0 Å². The van der Waals surface area contributed by atoms with E-state index in [-0.39, 0.29) is 5.91 Å². The molecule has 0 aromatic rings. The second-order valence-electron chi connectivity index (χ2n) is 3.08. The fraction of sp³-hybridized carbons (Fsp3) is 0.857. The number of rotatable bonds is 0. The number of piperidine rings is 1. The number of hydrogen-bond acceptors (Lipinski definition) is 2. The van der Waals surface area contributed by atoms with Crippen LogP contribution in [0.1, 0.15) is 19.3 Å². The van der Waals surface area contributed by atoms with E-state index in [4.69, 9.17) is 0 Å². The number of carbonyl (C=O) groups excluding carboxylic acids is 1. The van der Waals surface area contributed by atoms with Crippen LogP contribution >= 0.6 is 0 Å². The summed E-state index contributed by atoms with van der Waals surface area (Å²) >= 11 is 0. The molecule has 0 saturated carbocycles. The predicted molar refractivity (Wildman–Crippen MR) is 37.6 cm³/mol. The monoisotopic (exact) mass is 140 g/mol. The highest BCUT2D eigenvalue weighted by molar-refractivity contribution is 5.79. The second kappa shape index (κ2) is 2.23. The fourth-order valence-electron chi connectivity index (χ4n) is 1.81. The third-order valence-corrected chi connectivity index (χ3v) is 2.34. The van der Waals surface area contributed by atoms with E-state index in [0.29, 0.717) is 18.5 Å². The van der Waals surface area contributed by atoms with Gasteiger partial charge in [-0.25, -0.2) is 0 Å². The largest absolute Gasteiger partial charge is 0.352 e. The zero-order chi connectivity index (χ0) is 6.97. The molecule has 2 rings (SSSR count). The van der Waals surface area contributed by atoms with Crippen LogP contribution in [0.2, 0.25) is 0 Å². The minimum absolute atomic E-state index is 0.212. The molecule has 0 radical (unpaired) electrons. The molecule has 56 valence electrons. The number of carbonyl (C=O) groups is 1. The molecule has 2 atom stereocenters. The molecule has 3 heteroatoms. The van der Waals surface area contributed by atoms with Gasteiger partial charge in [-0.2, -0.15) is 0 Å². The smallest absolute Gasteiger partial charge is 0.221 e. The molecule has 0 aliphatic carbocycles. The van der Waals surface area contributed by atoms with Gasteiger partial charge in [0, 0.05) is 18.5 Å². The Balaban J connectivity index is 2.04. The molecular formula is C7H12N2O. The van der Waals surface area contributed by atoms with Crippen LogP contribution in [0.4, 0.5) is 0 Å². The van der Waals surface area contributed by atoms with Gasteiger partial charge in [0.05, 0.1) is 0 Å². The van der Waals surface area contributed by atoms with Crippen LogP contribution in [-0.2, 0) is 4.79 Å². The predicted octanol–water partition coefficient (Wildman–Crippen LogP) is -0.373. The van der Waals surface area contributed by atoms with Crippen LogP contribution in [0.3, 0.4) is 0 Å². The van der Waals surface area contributed by atoms with Gasteiger partial charge in [0.15, 0.2) is 0 Å². The van der Waals surface area contributed by atoms with Crippen molar-refractivity contribution in [3.8, 4) is 0 Å². The highest BCUT2D eigenvalue weighted by Gasteiger charge is 2.33. The standard InChI is InChI=1S/C7H12N2O/c10-7-4-6-5(9-7)2-1-3-8-6/h5-6,8H,1-4H2,(H,9,10). The van der Waals surface area contributed by atoms with Gasteiger partial charge in [0.1, 0.15) is 0 Å². The minimum Gasteiger partial charge on any atom is -0.352 e. The third-order valence-electron chi connectivity index (χ3n) is 2.34. The third kappa shape index (κ3) is 0.904. The molecule has 10 heavy (non-hydrogen) atoms. The van der Waals surface area contributed by atoms with E-state index in [9.17, 15) is 4.79 Å². The van der Waals surface area contributed by atoms with Crippen molar-refractivity contribution in [2.75, 3.05) is 6.54 Å². The summed E-state index contributed by atoms with van der Waals surface area (Å²) in [6, 6.07) is 0.863. The lowest BCUT2D eigenvalue weighted by molar-refractivity contribution is -0.119.